The first-order valence-corrected chi connectivity index (χ1v) is 11.3. The molecule has 6 nitrogen and oxygen atoms in total. The van der Waals surface area contributed by atoms with E-state index in [1.54, 1.807) is 17.2 Å². The Labute approximate surface area is 179 Å². The molecule has 29 heavy (non-hydrogen) atoms. The van der Waals surface area contributed by atoms with Crippen molar-refractivity contribution in [3.8, 4) is 0 Å². The van der Waals surface area contributed by atoms with Crippen molar-refractivity contribution in [1.29, 1.82) is 0 Å². The predicted molar refractivity (Wildman–Crippen MR) is 122 cm³/mol. The van der Waals surface area contributed by atoms with E-state index in [0.29, 0.717) is 26.3 Å². The van der Waals surface area contributed by atoms with Crippen molar-refractivity contribution in [2.45, 2.75) is 45.6 Å². The zero-order chi connectivity index (χ0) is 20.5. The maximum atomic E-state index is 13.3. The van der Waals surface area contributed by atoms with Gasteiger partial charge in [0.05, 0.1) is 10.5 Å². The maximum Gasteiger partial charge on any atom is 0.267 e. The second-order valence-corrected chi connectivity index (χ2v) is 9.12. The van der Waals surface area contributed by atoms with E-state index in [1.807, 2.05) is 32.0 Å². The molecule has 2 aliphatic heterocycles. The Morgan fingerprint density at radius 3 is 2.72 bits per heavy atom. The Balaban J connectivity index is 1.85. The maximum absolute atomic E-state index is 13.3. The molecule has 2 aromatic rings. The van der Waals surface area contributed by atoms with E-state index in [9.17, 15) is 9.59 Å². The summed E-state index contributed by atoms with van der Waals surface area (Å²) in [5, 5.41) is 0. The molecule has 1 atom stereocenters. The number of aromatic nitrogens is 2. The smallest absolute Gasteiger partial charge is 0.267 e. The van der Waals surface area contributed by atoms with Crippen LogP contribution in [0.2, 0.25) is 0 Å². The van der Waals surface area contributed by atoms with Gasteiger partial charge in [-0.25, -0.2) is 4.98 Å². The molecular weight excluding hydrogens is 404 g/mol. The van der Waals surface area contributed by atoms with Gasteiger partial charge >= 0.3 is 0 Å². The number of amides is 1. The number of piperidine rings is 1. The van der Waals surface area contributed by atoms with E-state index in [1.165, 1.54) is 22.6 Å². The second-order valence-electron chi connectivity index (χ2n) is 7.44. The van der Waals surface area contributed by atoms with Gasteiger partial charge in [0.15, 0.2) is 0 Å². The Morgan fingerprint density at radius 1 is 1.24 bits per heavy atom. The first-order valence-electron chi connectivity index (χ1n) is 10.0. The molecule has 0 bridgehead atoms. The van der Waals surface area contributed by atoms with Gasteiger partial charge in [0, 0.05) is 25.3 Å². The number of carbonyl (C=O) groups excluding carboxylic acids is 1. The van der Waals surface area contributed by atoms with Crippen LogP contribution in [0.5, 0.6) is 0 Å². The van der Waals surface area contributed by atoms with Gasteiger partial charge in [-0.05, 0) is 50.8 Å². The largest absolute Gasteiger partial charge is 0.356 e. The standard InChI is InChI=1S/C21H24N4O2S2/c1-3-14(2)25-20(27)16(29-21(25)28)13-15-18(23-10-6-4-7-11-23)22-17-9-5-8-12-24(17)19(15)26/h5,8-9,12-14H,3-4,6-7,10-11H2,1-2H3/b16-13+/t14-/m0/s1. The summed E-state index contributed by atoms with van der Waals surface area (Å²) in [4.78, 5) is 35.4. The van der Waals surface area contributed by atoms with Gasteiger partial charge in [0.2, 0.25) is 0 Å². The molecule has 2 saturated heterocycles. The highest BCUT2D eigenvalue weighted by molar-refractivity contribution is 8.26. The fourth-order valence-corrected chi connectivity index (χ4v) is 5.18. The number of thiocarbonyl (C=S) groups is 1. The van der Waals surface area contributed by atoms with Gasteiger partial charge in [0.25, 0.3) is 11.5 Å². The van der Waals surface area contributed by atoms with E-state index in [0.717, 1.165) is 32.4 Å². The highest BCUT2D eigenvalue weighted by Gasteiger charge is 2.35. The van der Waals surface area contributed by atoms with E-state index in [-0.39, 0.29) is 17.5 Å². The van der Waals surface area contributed by atoms with Crippen LogP contribution in [-0.4, -0.2) is 43.6 Å². The lowest BCUT2D eigenvalue weighted by atomic mass is 10.1. The number of rotatable bonds is 4. The van der Waals surface area contributed by atoms with Crippen LogP contribution >= 0.6 is 24.0 Å². The van der Waals surface area contributed by atoms with Crippen molar-refractivity contribution in [1.82, 2.24) is 14.3 Å². The van der Waals surface area contributed by atoms with Gasteiger partial charge in [-0.15, -0.1) is 0 Å². The summed E-state index contributed by atoms with van der Waals surface area (Å²) in [5.74, 6) is 0.534. The number of carbonyl (C=O) groups is 1. The summed E-state index contributed by atoms with van der Waals surface area (Å²) in [6.07, 6.45) is 7.56. The minimum absolute atomic E-state index is 0.0331. The summed E-state index contributed by atoms with van der Waals surface area (Å²) >= 11 is 6.70. The van der Waals surface area contributed by atoms with Crippen LogP contribution in [0.25, 0.3) is 11.7 Å². The van der Waals surface area contributed by atoms with Crippen LogP contribution < -0.4 is 10.5 Å². The zero-order valence-corrected chi connectivity index (χ0v) is 18.3. The molecule has 0 unspecified atom stereocenters. The molecule has 0 saturated carbocycles. The minimum atomic E-state index is -0.162. The van der Waals surface area contributed by atoms with Crippen LogP contribution in [0.4, 0.5) is 5.82 Å². The van der Waals surface area contributed by atoms with Crippen molar-refractivity contribution in [3.05, 3.63) is 45.2 Å². The van der Waals surface area contributed by atoms with Crippen LogP contribution in [0.1, 0.15) is 45.1 Å². The number of hydrogen-bond donors (Lipinski definition) is 0. The molecular formula is C21H24N4O2S2. The number of thioether (sulfide) groups is 1. The first-order chi connectivity index (χ1) is 14.0. The summed E-state index contributed by atoms with van der Waals surface area (Å²) < 4.78 is 2.08. The molecule has 0 radical (unpaired) electrons. The van der Waals surface area contributed by atoms with Gasteiger partial charge < -0.3 is 4.90 Å². The van der Waals surface area contributed by atoms with Crippen LogP contribution in [-0.2, 0) is 4.79 Å². The molecule has 2 aromatic heterocycles. The number of anilines is 1. The first kappa shape index (κ1) is 20.1. The fraction of sp³-hybridized carbons (Fsp3) is 0.429. The van der Waals surface area contributed by atoms with E-state index < -0.39 is 0 Å². The Kier molecular flexibility index (Phi) is 5.74. The van der Waals surface area contributed by atoms with Gasteiger partial charge in [0.1, 0.15) is 15.8 Å². The summed E-state index contributed by atoms with van der Waals surface area (Å²) in [7, 11) is 0. The SMILES string of the molecule is CC[C@H](C)N1C(=O)/C(=C\c2c(N3CCCCC3)nc3ccccn3c2=O)SC1=S. The Bertz CT molecular complexity index is 1060. The molecule has 152 valence electrons. The van der Waals surface area contributed by atoms with Gasteiger partial charge in [-0.1, -0.05) is 37.0 Å². The van der Waals surface area contributed by atoms with Crippen molar-refractivity contribution in [2.75, 3.05) is 18.0 Å². The van der Waals surface area contributed by atoms with Crippen LogP contribution in [0.15, 0.2) is 34.1 Å². The Hall–Kier alpha value is -2.19. The normalized spacial score (nSPS) is 20.1. The second kappa shape index (κ2) is 8.28. The summed E-state index contributed by atoms with van der Waals surface area (Å²) in [6.45, 7) is 5.74. The average molecular weight is 429 g/mol. The van der Waals surface area contributed by atoms with Crippen LogP contribution in [0, 0.1) is 0 Å². The van der Waals surface area contributed by atoms with Crippen molar-refractivity contribution in [3.63, 3.8) is 0 Å². The molecule has 8 heteroatoms. The number of fused-ring (bicyclic) bond motifs is 1. The molecule has 1 amide bonds. The molecule has 0 spiro atoms. The molecule has 0 aliphatic carbocycles. The number of nitrogens with zero attached hydrogens (tertiary/aromatic N) is 4. The number of hydrogen-bond acceptors (Lipinski definition) is 6. The van der Waals surface area contributed by atoms with E-state index in [2.05, 4.69) is 4.90 Å². The molecule has 0 N–H and O–H groups in total. The van der Waals surface area contributed by atoms with Crippen molar-refractivity contribution >= 4 is 51.7 Å². The van der Waals surface area contributed by atoms with Crippen molar-refractivity contribution < 1.29 is 4.79 Å². The molecule has 4 rings (SSSR count). The zero-order valence-electron chi connectivity index (χ0n) is 16.6. The highest BCUT2D eigenvalue weighted by Crippen LogP contribution is 2.35. The predicted octanol–water partition coefficient (Wildman–Crippen LogP) is 3.68. The topological polar surface area (TPSA) is 57.9 Å². The lowest BCUT2D eigenvalue weighted by molar-refractivity contribution is -0.123. The quantitative estimate of drug-likeness (QED) is 0.547. The average Bonchev–Trinajstić information content (AvgIpc) is 3.03. The third-order valence-electron chi connectivity index (χ3n) is 5.54. The lowest BCUT2D eigenvalue weighted by Crippen LogP contribution is -2.36. The summed E-state index contributed by atoms with van der Waals surface area (Å²) in [6, 6.07) is 5.55. The Morgan fingerprint density at radius 2 is 2.00 bits per heavy atom. The molecule has 0 aromatic carbocycles. The highest BCUT2D eigenvalue weighted by atomic mass is 32.2. The third-order valence-corrected chi connectivity index (χ3v) is 6.87. The van der Waals surface area contributed by atoms with E-state index >= 15 is 0 Å². The fourth-order valence-electron chi connectivity index (χ4n) is 3.74. The van der Waals surface area contributed by atoms with Crippen LogP contribution in [0.3, 0.4) is 0 Å². The van der Waals surface area contributed by atoms with Gasteiger partial charge in [-0.2, -0.15) is 0 Å². The van der Waals surface area contributed by atoms with Gasteiger partial charge in [-0.3, -0.25) is 18.9 Å². The molecule has 2 aliphatic rings. The molecule has 4 heterocycles. The molecule has 2 fully saturated rings. The third kappa shape index (κ3) is 3.71. The lowest BCUT2D eigenvalue weighted by Gasteiger charge is -2.29. The van der Waals surface area contributed by atoms with E-state index in [4.69, 9.17) is 17.2 Å². The summed E-state index contributed by atoms with van der Waals surface area (Å²) in [5.41, 5.74) is 0.910. The monoisotopic (exact) mass is 428 g/mol. The van der Waals surface area contributed by atoms with Crippen molar-refractivity contribution in [2.24, 2.45) is 0 Å². The minimum Gasteiger partial charge on any atom is -0.356 e. The number of pyridine rings is 1.